The Morgan fingerprint density at radius 3 is 2.79 bits per heavy atom. The number of aryl methyl sites for hydroxylation is 1. The summed E-state index contributed by atoms with van der Waals surface area (Å²) in [6.45, 7) is 3.23. The highest BCUT2D eigenvalue weighted by atomic mass is 35.5. The number of hydrogen-bond donors (Lipinski definition) is 2. The number of nitrogens with one attached hydrogen (secondary N) is 1. The number of nitrogens with two attached hydrogens (primary N) is 1. The fourth-order valence-electron chi connectivity index (χ4n) is 1.16. The first-order valence-corrected chi connectivity index (χ1v) is 5.51. The van der Waals surface area contributed by atoms with E-state index in [4.69, 9.17) is 17.3 Å². The van der Waals surface area contributed by atoms with Gasteiger partial charge in [-0.15, -0.1) is 17.3 Å². The molecule has 2 amide bonds. The van der Waals surface area contributed by atoms with Crippen LogP contribution in [0.2, 0.25) is 0 Å². The fraction of sp³-hybridized carbons (Fsp3) is 0.444. The number of nitroso groups, excluding NO2 is 1. The lowest BCUT2D eigenvalue weighted by Gasteiger charge is -2.16. The van der Waals surface area contributed by atoms with Crippen LogP contribution in [0, 0.1) is 11.8 Å². The van der Waals surface area contributed by atoms with Crippen LogP contribution in [0.5, 0.6) is 0 Å². The maximum absolute atomic E-state index is 11.5. The summed E-state index contributed by atoms with van der Waals surface area (Å²) in [6, 6.07) is -0.715. The molecular weight excluding hydrogens is 295 g/mol. The summed E-state index contributed by atoms with van der Waals surface area (Å²) in [5.41, 5.74) is 5.35. The van der Waals surface area contributed by atoms with Crippen LogP contribution in [0.1, 0.15) is 18.3 Å². The smallest absolute Gasteiger partial charge is 0.342 e. The first-order valence-electron chi connectivity index (χ1n) is 5.08. The molecule has 1 unspecified atom stereocenters. The third kappa shape index (κ3) is 4.84. The molecule has 8 nitrogen and oxygen atoms in total. The molecule has 0 spiro atoms. The standard InChI is InChI=1S/C9H13ClN6O2.ClH/c1-5(10)16(15-18)9(17)13-4-7-3-12-6(2)14-8(7)11;/h3,5H,4H2,1-2H3,(H,13,17)(H2,11,12,14);1H. The first-order chi connectivity index (χ1) is 8.45. The Labute approximate surface area is 121 Å². The van der Waals surface area contributed by atoms with E-state index in [0.717, 1.165) is 0 Å². The van der Waals surface area contributed by atoms with Crippen molar-refractivity contribution in [2.24, 2.45) is 5.29 Å². The molecule has 0 radical (unpaired) electrons. The topological polar surface area (TPSA) is 114 Å². The molecule has 0 saturated carbocycles. The maximum atomic E-state index is 11.5. The summed E-state index contributed by atoms with van der Waals surface area (Å²) in [5, 5.41) is 5.53. The van der Waals surface area contributed by atoms with Crippen LogP contribution in [-0.4, -0.2) is 26.5 Å². The van der Waals surface area contributed by atoms with Crippen LogP contribution in [-0.2, 0) is 6.54 Å². The van der Waals surface area contributed by atoms with Gasteiger partial charge in [0.05, 0.1) is 5.29 Å². The van der Waals surface area contributed by atoms with E-state index in [0.29, 0.717) is 16.4 Å². The third-order valence-corrected chi connectivity index (χ3v) is 2.27. The Morgan fingerprint density at radius 2 is 2.32 bits per heavy atom. The molecule has 0 fully saturated rings. The van der Waals surface area contributed by atoms with Gasteiger partial charge in [0.25, 0.3) is 0 Å². The minimum absolute atomic E-state index is 0. The lowest BCUT2D eigenvalue weighted by Crippen LogP contribution is -2.39. The van der Waals surface area contributed by atoms with E-state index >= 15 is 0 Å². The van der Waals surface area contributed by atoms with Crippen molar-refractivity contribution in [2.45, 2.75) is 25.9 Å². The van der Waals surface area contributed by atoms with Crippen LogP contribution in [0.3, 0.4) is 0 Å². The summed E-state index contributed by atoms with van der Waals surface area (Å²) in [7, 11) is 0. The highest BCUT2D eigenvalue weighted by molar-refractivity contribution is 6.20. The van der Waals surface area contributed by atoms with Crippen molar-refractivity contribution < 1.29 is 4.79 Å². The Bertz CT molecular complexity index is 456. The van der Waals surface area contributed by atoms with E-state index in [1.165, 1.54) is 13.1 Å². The number of carbonyl (C=O) groups is 1. The van der Waals surface area contributed by atoms with Crippen molar-refractivity contribution in [1.29, 1.82) is 0 Å². The zero-order chi connectivity index (χ0) is 13.7. The fourth-order valence-corrected chi connectivity index (χ4v) is 1.29. The second-order valence-corrected chi connectivity index (χ2v) is 4.12. The molecule has 0 bridgehead atoms. The average molecular weight is 309 g/mol. The van der Waals surface area contributed by atoms with Crippen LogP contribution in [0.4, 0.5) is 10.6 Å². The third-order valence-electron chi connectivity index (χ3n) is 2.08. The number of urea groups is 1. The van der Waals surface area contributed by atoms with Gasteiger partial charge in [-0.2, -0.15) is 5.01 Å². The summed E-state index contributed by atoms with van der Waals surface area (Å²) >= 11 is 5.59. The summed E-state index contributed by atoms with van der Waals surface area (Å²) < 4.78 is 0. The van der Waals surface area contributed by atoms with E-state index in [1.807, 2.05) is 0 Å². The van der Waals surface area contributed by atoms with E-state index < -0.39 is 11.5 Å². The molecule has 0 aliphatic heterocycles. The van der Waals surface area contributed by atoms with Gasteiger partial charge in [-0.3, -0.25) is 0 Å². The van der Waals surface area contributed by atoms with Crippen molar-refractivity contribution in [2.75, 3.05) is 5.73 Å². The van der Waals surface area contributed by atoms with Crippen LogP contribution >= 0.6 is 24.0 Å². The number of carbonyl (C=O) groups excluding carboxylic acids is 1. The number of hydrogen-bond acceptors (Lipinski definition) is 6. The Hall–Kier alpha value is -1.67. The molecule has 1 aromatic heterocycles. The maximum Gasteiger partial charge on any atom is 0.342 e. The normalized spacial score (nSPS) is 11.1. The van der Waals surface area contributed by atoms with Crippen LogP contribution in [0.15, 0.2) is 11.5 Å². The Kier molecular flexibility index (Phi) is 7.02. The van der Waals surface area contributed by atoms with Gasteiger partial charge in [0.2, 0.25) is 0 Å². The molecule has 1 rings (SSSR count). The van der Waals surface area contributed by atoms with Crippen molar-refractivity contribution in [3.8, 4) is 0 Å². The quantitative estimate of drug-likeness (QED) is 0.379. The lowest BCUT2D eigenvalue weighted by atomic mass is 10.3. The van der Waals surface area contributed by atoms with Crippen LogP contribution < -0.4 is 11.1 Å². The first kappa shape index (κ1) is 17.3. The number of amides is 2. The zero-order valence-corrected chi connectivity index (χ0v) is 11.9. The average Bonchev–Trinajstić information content (AvgIpc) is 2.28. The molecule has 19 heavy (non-hydrogen) atoms. The van der Waals surface area contributed by atoms with E-state index in [2.05, 4.69) is 20.6 Å². The highest BCUT2D eigenvalue weighted by Gasteiger charge is 2.19. The molecule has 106 valence electrons. The van der Waals surface area contributed by atoms with E-state index in [9.17, 15) is 9.70 Å². The SMILES string of the molecule is Cc1ncc(CNC(=O)N(N=O)C(C)Cl)c(N)n1.Cl. The minimum atomic E-state index is -0.839. The Morgan fingerprint density at radius 1 is 1.68 bits per heavy atom. The van der Waals surface area contributed by atoms with Crippen molar-refractivity contribution in [1.82, 2.24) is 20.3 Å². The van der Waals surface area contributed by atoms with Gasteiger partial charge in [0, 0.05) is 18.3 Å². The van der Waals surface area contributed by atoms with Gasteiger partial charge in [0.15, 0.2) is 0 Å². The van der Waals surface area contributed by atoms with Gasteiger partial charge in [-0.1, -0.05) is 11.6 Å². The Balaban J connectivity index is 0.00000324. The molecule has 0 saturated heterocycles. The molecular formula is C9H14Cl2N6O2. The summed E-state index contributed by atoms with van der Waals surface area (Å²) in [5.74, 6) is 0.806. The molecule has 1 atom stereocenters. The number of anilines is 1. The molecule has 0 aliphatic carbocycles. The number of alkyl halides is 1. The second-order valence-electron chi connectivity index (χ2n) is 3.49. The van der Waals surface area contributed by atoms with Gasteiger partial charge in [-0.25, -0.2) is 14.8 Å². The van der Waals surface area contributed by atoms with Crippen molar-refractivity contribution >= 4 is 35.9 Å². The van der Waals surface area contributed by atoms with Gasteiger partial charge < -0.3 is 11.1 Å². The van der Waals surface area contributed by atoms with E-state index in [-0.39, 0.29) is 24.8 Å². The van der Waals surface area contributed by atoms with Gasteiger partial charge in [0.1, 0.15) is 17.1 Å². The number of halogens is 2. The zero-order valence-electron chi connectivity index (χ0n) is 10.3. The summed E-state index contributed by atoms with van der Waals surface area (Å²) in [4.78, 5) is 29.8. The molecule has 1 aromatic rings. The number of nitrogen functional groups attached to an aromatic ring is 1. The highest BCUT2D eigenvalue weighted by Crippen LogP contribution is 2.08. The van der Waals surface area contributed by atoms with Crippen molar-refractivity contribution in [3.63, 3.8) is 0 Å². The molecule has 1 heterocycles. The number of aromatic nitrogens is 2. The summed E-state index contributed by atoms with van der Waals surface area (Å²) in [6.07, 6.45) is 1.50. The predicted molar refractivity (Wildman–Crippen MR) is 73.6 cm³/mol. The molecule has 10 heteroatoms. The predicted octanol–water partition coefficient (Wildman–Crippen LogP) is 1.57. The minimum Gasteiger partial charge on any atom is -0.383 e. The number of nitrogens with zero attached hydrogens (tertiary/aromatic N) is 4. The molecule has 0 aromatic carbocycles. The molecule has 3 N–H and O–H groups in total. The van der Waals surface area contributed by atoms with Gasteiger partial charge in [-0.05, 0) is 13.8 Å². The van der Waals surface area contributed by atoms with Crippen molar-refractivity contribution in [3.05, 3.63) is 22.5 Å². The lowest BCUT2D eigenvalue weighted by molar-refractivity contribution is 0.195. The second kappa shape index (κ2) is 7.70. The molecule has 0 aliphatic rings. The monoisotopic (exact) mass is 308 g/mol. The van der Waals surface area contributed by atoms with Crippen LogP contribution in [0.25, 0.3) is 0 Å². The largest absolute Gasteiger partial charge is 0.383 e. The van der Waals surface area contributed by atoms with E-state index in [1.54, 1.807) is 6.92 Å². The number of rotatable bonds is 4. The van der Waals surface area contributed by atoms with Gasteiger partial charge >= 0.3 is 6.03 Å².